The number of carbonyl (C=O) groups is 1. The van der Waals surface area contributed by atoms with Gasteiger partial charge in [-0.1, -0.05) is 32.9 Å². The van der Waals surface area contributed by atoms with Crippen LogP contribution >= 0.6 is 0 Å². The molecule has 7 atom stereocenters. The monoisotopic (exact) mass is 471 g/mol. The van der Waals surface area contributed by atoms with Gasteiger partial charge in [0.15, 0.2) is 0 Å². The average Bonchev–Trinajstić information content (AvgIpc) is 2.71. The van der Waals surface area contributed by atoms with Gasteiger partial charge in [-0.2, -0.15) is 0 Å². The number of nitrogens with zero attached hydrogens (tertiary/aromatic N) is 1. The Morgan fingerprint density at radius 2 is 1.79 bits per heavy atom. The van der Waals surface area contributed by atoms with E-state index < -0.39 is 0 Å². The molecule has 33 heavy (non-hydrogen) atoms. The van der Waals surface area contributed by atoms with Crippen molar-refractivity contribution in [3.05, 3.63) is 0 Å². The molecule has 6 rings (SSSR count). The molecule has 0 saturated heterocycles. The second kappa shape index (κ2) is 12.2. The van der Waals surface area contributed by atoms with Crippen molar-refractivity contribution in [3.63, 3.8) is 0 Å². The maximum absolute atomic E-state index is 11.6. The van der Waals surface area contributed by atoms with E-state index in [0.29, 0.717) is 60.2 Å². The zero-order chi connectivity index (χ0) is 23.0. The minimum absolute atomic E-state index is 0. The van der Waals surface area contributed by atoms with E-state index in [9.17, 15) is 4.79 Å². The number of fused-ring (bicyclic) bond motifs is 4. The molecule has 8 heteroatoms. The number of hydrogen-bond acceptors (Lipinski definition) is 6. The summed E-state index contributed by atoms with van der Waals surface area (Å²) in [5, 5.41) is 13.1. The molecule has 0 amide bonds. The molecule has 3 radical (unpaired) electrons. The molecule has 6 aliphatic carbocycles. The molecule has 6 saturated carbocycles. The van der Waals surface area contributed by atoms with Crippen molar-refractivity contribution in [3.8, 4) is 0 Å². The Labute approximate surface area is 226 Å². The van der Waals surface area contributed by atoms with Crippen molar-refractivity contribution in [1.82, 2.24) is 0 Å². The Morgan fingerprint density at radius 1 is 1.15 bits per heavy atom. The first-order valence-electron chi connectivity index (χ1n) is 12.2. The van der Waals surface area contributed by atoms with Crippen molar-refractivity contribution in [2.45, 2.75) is 79.2 Å². The van der Waals surface area contributed by atoms with Gasteiger partial charge >= 0.3 is 35.5 Å². The Bertz CT molecular complexity index is 694. The number of ether oxygens (including phenoxy) is 1. The van der Waals surface area contributed by atoms with Crippen LogP contribution in [0.25, 0.3) is 0 Å². The Morgan fingerprint density at radius 3 is 2.27 bits per heavy atom. The number of aliphatic hydroxyl groups is 1. The van der Waals surface area contributed by atoms with Crippen LogP contribution in [0.1, 0.15) is 74.6 Å². The molecule has 0 spiro atoms. The molecular formula is C25H45BN2NaO4. The van der Waals surface area contributed by atoms with Gasteiger partial charge < -0.3 is 21.8 Å². The van der Waals surface area contributed by atoms with Gasteiger partial charge in [0.25, 0.3) is 0 Å². The number of hydrogen-bond donors (Lipinski definition) is 2. The van der Waals surface area contributed by atoms with E-state index in [1.807, 2.05) is 6.92 Å². The Hall–Kier alpha value is -0.0751. The normalized spacial score (nSPS) is 37.6. The van der Waals surface area contributed by atoms with E-state index in [1.165, 1.54) is 19.3 Å². The molecule has 0 unspecified atom stereocenters. The summed E-state index contributed by atoms with van der Waals surface area (Å²) in [4.78, 5) is 16.6. The fourth-order valence-corrected chi connectivity index (χ4v) is 6.96. The summed E-state index contributed by atoms with van der Waals surface area (Å²) in [5.74, 6) is 3.43. The smallest absolute Gasteiger partial charge is 1.00 e. The van der Waals surface area contributed by atoms with Crippen molar-refractivity contribution >= 4 is 20.1 Å². The summed E-state index contributed by atoms with van der Waals surface area (Å²) in [6, 6.07) is 0.340. The number of oxime groups is 1. The van der Waals surface area contributed by atoms with Gasteiger partial charge in [-0.15, -0.1) is 0 Å². The zero-order valence-corrected chi connectivity index (χ0v) is 24.0. The van der Waals surface area contributed by atoms with Crippen molar-refractivity contribution in [2.24, 2.45) is 57.2 Å². The molecular weight excluding hydrogens is 426 g/mol. The quantitative estimate of drug-likeness (QED) is 0.339. The predicted molar refractivity (Wildman–Crippen MR) is 129 cm³/mol. The summed E-state index contributed by atoms with van der Waals surface area (Å²) < 4.78 is 5.04. The first kappa shape index (κ1) is 31.0. The van der Waals surface area contributed by atoms with Gasteiger partial charge in [-0.3, -0.25) is 4.79 Å². The minimum Gasteiger partial charge on any atom is -1.00 e. The maximum atomic E-state index is 11.6. The fourth-order valence-electron chi connectivity index (χ4n) is 6.96. The van der Waals surface area contributed by atoms with Crippen molar-refractivity contribution in [1.29, 1.82) is 0 Å². The van der Waals surface area contributed by atoms with E-state index in [4.69, 9.17) is 20.4 Å². The van der Waals surface area contributed by atoms with Crippen LogP contribution in [-0.4, -0.2) is 51.6 Å². The van der Waals surface area contributed by atoms with Crippen LogP contribution in [-0.2, 0) is 14.4 Å². The molecule has 0 aliphatic heterocycles. The van der Waals surface area contributed by atoms with Crippen LogP contribution in [0, 0.1) is 46.3 Å². The van der Waals surface area contributed by atoms with Gasteiger partial charge in [0.1, 0.15) is 7.11 Å². The van der Waals surface area contributed by atoms with E-state index in [-0.39, 0.29) is 51.3 Å². The van der Waals surface area contributed by atoms with E-state index in [2.05, 4.69) is 32.9 Å². The van der Waals surface area contributed by atoms with Crippen molar-refractivity contribution in [2.75, 3.05) is 20.3 Å². The molecule has 183 valence electrons. The summed E-state index contributed by atoms with van der Waals surface area (Å²) in [7, 11) is 1.58. The topological polar surface area (TPSA) is 94.1 Å². The van der Waals surface area contributed by atoms with Crippen LogP contribution in [0.4, 0.5) is 0 Å². The SMILES string of the molecule is CC1(C)[C@H]2C[C@H](CCO)[C@@H](N)[C@@H]1C2.CCOC(=O)C[C@H]1C[C@H]2C[C@@H](/C1=N/OC)C2(C)C.[B].[H-].[Na+]. The first-order valence-corrected chi connectivity index (χ1v) is 12.2. The number of esters is 1. The second-order valence-corrected chi connectivity index (χ2v) is 11.4. The maximum Gasteiger partial charge on any atom is 1.00 e. The molecule has 3 N–H and O–H groups in total. The van der Waals surface area contributed by atoms with Gasteiger partial charge in [-0.05, 0) is 73.5 Å². The molecule has 0 aromatic heterocycles. The van der Waals surface area contributed by atoms with Gasteiger partial charge in [0, 0.05) is 32.9 Å². The molecule has 6 fully saturated rings. The van der Waals surface area contributed by atoms with Crippen LogP contribution in [0.3, 0.4) is 0 Å². The van der Waals surface area contributed by atoms with Gasteiger partial charge in [-0.25, -0.2) is 0 Å². The predicted octanol–water partition coefficient (Wildman–Crippen LogP) is 0.738. The van der Waals surface area contributed by atoms with E-state index in [0.717, 1.165) is 24.5 Å². The Kier molecular flexibility index (Phi) is 11.5. The summed E-state index contributed by atoms with van der Waals surface area (Å²) in [6.07, 6.45) is 6.14. The van der Waals surface area contributed by atoms with Crippen molar-refractivity contribution < 1.29 is 50.5 Å². The van der Waals surface area contributed by atoms with E-state index >= 15 is 0 Å². The third-order valence-electron chi connectivity index (χ3n) is 9.37. The molecule has 0 aromatic carbocycles. The number of nitrogens with two attached hydrogens (primary N) is 1. The molecule has 4 bridgehead atoms. The zero-order valence-electron chi connectivity index (χ0n) is 23.0. The molecule has 0 aromatic rings. The average molecular weight is 471 g/mol. The fraction of sp³-hybridized carbons (Fsp3) is 0.920. The van der Waals surface area contributed by atoms with Crippen LogP contribution in [0.15, 0.2) is 5.16 Å². The third kappa shape index (κ3) is 6.02. The summed E-state index contributed by atoms with van der Waals surface area (Å²) in [6.45, 7) is 11.9. The number of aliphatic hydroxyl groups excluding tert-OH is 1. The van der Waals surface area contributed by atoms with Crippen LogP contribution < -0.4 is 35.3 Å². The standard InChI is InChI=1S/C14H23NO3.C11H21NO.B.Na.H/c1-5-18-12(16)7-9-6-10-8-11(14(10,2)3)13(9)15-17-4;1-11(2)8-5-7(3-4-13)10(12)9(11)6-8;;;/h9-11H,5-8H2,1-4H3;7-10,13H,3-6,12H2,1-2H3;;;/q;;;+1;-1/b15-13+;;;;/t9-,10+,11+;7-,8-,9-,10+;;;/m10.../s1. The molecule has 6 aliphatic rings. The Balaban J connectivity index is 0.000000612. The summed E-state index contributed by atoms with van der Waals surface area (Å²) >= 11 is 0. The van der Waals surface area contributed by atoms with Gasteiger partial charge in [0.05, 0.1) is 18.7 Å². The van der Waals surface area contributed by atoms with Gasteiger partial charge in [0.2, 0.25) is 0 Å². The second-order valence-electron chi connectivity index (χ2n) is 11.4. The minimum atomic E-state index is -0.120. The van der Waals surface area contributed by atoms with Crippen LogP contribution in [0.2, 0.25) is 0 Å². The van der Waals surface area contributed by atoms with E-state index in [1.54, 1.807) is 7.11 Å². The number of rotatable bonds is 6. The molecule has 0 heterocycles. The largest absolute Gasteiger partial charge is 1.00 e. The third-order valence-corrected chi connectivity index (χ3v) is 9.37. The van der Waals surface area contributed by atoms with Crippen LogP contribution in [0.5, 0.6) is 0 Å². The molecule has 6 nitrogen and oxygen atoms in total. The number of carbonyl (C=O) groups excluding carboxylic acids is 1. The summed E-state index contributed by atoms with van der Waals surface area (Å²) in [5.41, 5.74) is 8.06. The first-order chi connectivity index (χ1) is 14.6.